The summed E-state index contributed by atoms with van der Waals surface area (Å²) < 4.78 is 0. The van der Waals surface area contributed by atoms with Crippen molar-refractivity contribution >= 4 is 17.4 Å². The Balaban J connectivity index is 3.09. The molecule has 0 fully saturated rings. The first-order chi connectivity index (χ1) is 9.90. The van der Waals surface area contributed by atoms with Gasteiger partial charge in [-0.05, 0) is 12.8 Å². The van der Waals surface area contributed by atoms with Crippen LogP contribution in [0.4, 0.5) is 11.5 Å². The molecule has 1 aromatic heterocycles. The molecular weight excluding hydrogens is 272 g/mol. The van der Waals surface area contributed by atoms with Crippen LogP contribution in [0.15, 0.2) is 12.3 Å². The highest BCUT2D eigenvalue weighted by atomic mass is 16.6. The van der Waals surface area contributed by atoms with E-state index < -0.39 is 4.92 Å². The van der Waals surface area contributed by atoms with Crippen LogP contribution in [0.5, 0.6) is 0 Å². The molecule has 0 aromatic carbocycles. The van der Waals surface area contributed by atoms with Gasteiger partial charge in [0.2, 0.25) is 0 Å². The first-order valence-corrected chi connectivity index (χ1v) is 7.04. The van der Waals surface area contributed by atoms with Crippen molar-refractivity contribution < 1.29 is 9.72 Å². The molecule has 0 spiro atoms. The number of hydrogen-bond donors (Lipinski definition) is 1. The van der Waals surface area contributed by atoms with Crippen LogP contribution < -0.4 is 5.32 Å². The molecule has 7 nitrogen and oxygen atoms in total. The van der Waals surface area contributed by atoms with Crippen LogP contribution in [0, 0.1) is 16.0 Å². The average molecular weight is 294 g/mol. The fourth-order valence-corrected chi connectivity index (χ4v) is 1.91. The molecule has 21 heavy (non-hydrogen) atoms. The van der Waals surface area contributed by atoms with Crippen molar-refractivity contribution in [1.82, 2.24) is 9.88 Å². The molecule has 1 N–H and O–H groups in total. The van der Waals surface area contributed by atoms with Crippen molar-refractivity contribution in [1.29, 1.82) is 0 Å². The van der Waals surface area contributed by atoms with Gasteiger partial charge in [-0.15, -0.1) is 0 Å². The lowest BCUT2D eigenvalue weighted by Gasteiger charge is -2.21. The number of hydrogen-bond acceptors (Lipinski definition) is 5. The summed E-state index contributed by atoms with van der Waals surface area (Å²) in [6.45, 7) is 7.17. The summed E-state index contributed by atoms with van der Waals surface area (Å²) in [5, 5.41) is 13.8. The minimum atomic E-state index is -0.547. The van der Waals surface area contributed by atoms with Gasteiger partial charge in [0, 0.05) is 26.2 Å². The minimum Gasteiger partial charge on any atom is -0.370 e. The number of rotatable bonds is 7. The lowest BCUT2D eigenvalue weighted by Crippen LogP contribution is -2.31. The zero-order valence-corrected chi connectivity index (χ0v) is 12.9. The van der Waals surface area contributed by atoms with Crippen molar-refractivity contribution in [3.63, 3.8) is 0 Å². The van der Waals surface area contributed by atoms with E-state index in [2.05, 4.69) is 24.1 Å². The Labute approximate surface area is 124 Å². The van der Waals surface area contributed by atoms with E-state index in [0.717, 1.165) is 12.6 Å². The zero-order valence-electron chi connectivity index (χ0n) is 12.9. The van der Waals surface area contributed by atoms with Gasteiger partial charge in [-0.25, -0.2) is 4.98 Å². The Hall–Kier alpha value is -2.18. The lowest BCUT2D eigenvalue weighted by molar-refractivity contribution is -0.385. The average Bonchev–Trinajstić information content (AvgIpc) is 2.46. The van der Waals surface area contributed by atoms with Gasteiger partial charge < -0.3 is 10.2 Å². The largest absolute Gasteiger partial charge is 0.370 e. The molecule has 1 amide bonds. The number of carbonyl (C=O) groups excluding carboxylic acids is 1. The number of nitrogens with zero attached hydrogens (tertiary/aromatic N) is 3. The molecule has 1 heterocycles. The number of nitro groups is 1. The molecule has 116 valence electrons. The van der Waals surface area contributed by atoms with E-state index in [9.17, 15) is 14.9 Å². The summed E-state index contributed by atoms with van der Waals surface area (Å²) in [7, 11) is 1.70. The van der Waals surface area contributed by atoms with Gasteiger partial charge in [-0.2, -0.15) is 0 Å². The summed E-state index contributed by atoms with van der Waals surface area (Å²) >= 11 is 0. The summed E-state index contributed by atoms with van der Waals surface area (Å²) in [5.41, 5.74) is 0.0498. The van der Waals surface area contributed by atoms with Crippen molar-refractivity contribution in [2.24, 2.45) is 5.92 Å². The van der Waals surface area contributed by atoms with Crippen molar-refractivity contribution in [2.45, 2.75) is 27.2 Å². The Morgan fingerprint density at radius 3 is 2.71 bits per heavy atom. The molecule has 1 atom stereocenters. The fraction of sp³-hybridized carbons (Fsp3) is 0.571. The highest BCUT2D eigenvalue weighted by Gasteiger charge is 2.21. The van der Waals surface area contributed by atoms with Gasteiger partial charge in [0.05, 0.1) is 10.5 Å². The predicted octanol–water partition coefficient (Wildman–Crippen LogP) is 2.54. The second kappa shape index (κ2) is 7.56. The number of pyridine rings is 1. The van der Waals surface area contributed by atoms with Gasteiger partial charge >= 0.3 is 0 Å². The van der Waals surface area contributed by atoms with E-state index in [1.54, 1.807) is 11.9 Å². The molecule has 0 aliphatic heterocycles. The Kier molecular flexibility index (Phi) is 6.08. The number of carbonyl (C=O) groups is 1. The third kappa shape index (κ3) is 4.40. The van der Waals surface area contributed by atoms with Crippen LogP contribution in [0.1, 0.15) is 37.6 Å². The SMILES string of the molecule is CCNc1ncc([N+](=O)[O-])cc1C(=O)N(C)CC(C)CC. The van der Waals surface area contributed by atoms with Crippen molar-refractivity contribution in [3.05, 3.63) is 27.9 Å². The number of anilines is 1. The molecule has 0 aliphatic rings. The monoisotopic (exact) mass is 294 g/mol. The quantitative estimate of drug-likeness (QED) is 0.616. The molecule has 1 unspecified atom stereocenters. The summed E-state index contributed by atoms with van der Waals surface area (Å²) in [5.74, 6) is 0.486. The van der Waals surface area contributed by atoms with E-state index in [1.165, 1.54) is 6.07 Å². The molecule has 1 aromatic rings. The van der Waals surface area contributed by atoms with Crippen LogP contribution in [-0.2, 0) is 0 Å². The number of nitrogens with one attached hydrogen (secondary N) is 1. The topological polar surface area (TPSA) is 88.4 Å². The first kappa shape index (κ1) is 16.9. The lowest BCUT2D eigenvalue weighted by atomic mass is 10.1. The second-order valence-electron chi connectivity index (χ2n) is 5.08. The third-order valence-corrected chi connectivity index (χ3v) is 3.29. The van der Waals surface area contributed by atoms with E-state index >= 15 is 0 Å². The molecule has 0 saturated heterocycles. The van der Waals surface area contributed by atoms with Crippen LogP contribution in [0.2, 0.25) is 0 Å². The summed E-state index contributed by atoms with van der Waals surface area (Å²) in [4.78, 5) is 28.4. The standard InChI is InChI=1S/C14H22N4O3/c1-5-10(3)9-17(4)14(19)12-7-11(18(20)21)8-16-13(12)15-6-2/h7-8,10H,5-6,9H2,1-4H3,(H,15,16). The molecular formula is C14H22N4O3. The van der Waals surface area contributed by atoms with E-state index in [4.69, 9.17) is 0 Å². The number of aromatic nitrogens is 1. The Bertz CT molecular complexity index is 519. The fourth-order valence-electron chi connectivity index (χ4n) is 1.91. The third-order valence-electron chi connectivity index (χ3n) is 3.29. The predicted molar refractivity (Wildman–Crippen MR) is 81.5 cm³/mol. The van der Waals surface area contributed by atoms with Crippen molar-refractivity contribution in [3.8, 4) is 0 Å². The van der Waals surface area contributed by atoms with Gasteiger partial charge in [0.25, 0.3) is 11.6 Å². The van der Waals surface area contributed by atoms with E-state index in [0.29, 0.717) is 24.8 Å². The molecule has 0 bridgehead atoms. The van der Waals surface area contributed by atoms with E-state index in [-0.39, 0.29) is 17.2 Å². The maximum Gasteiger partial charge on any atom is 0.288 e. The summed E-state index contributed by atoms with van der Waals surface area (Å²) in [6, 6.07) is 1.28. The first-order valence-electron chi connectivity index (χ1n) is 7.04. The molecule has 0 saturated carbocycles. The van der Waals surface area contributed by atoms with Gasteiger partial charge in [-0.3, -0.25) is 14.9 Å². The van der Waals surface area contributed by atoms with Crippen LogP contribution in [0.3, 0.4) is 0 Å². The smallest absolute Gasteiger partial charge is 0.288 e. The molecule has 7 heteroatoms. The normalized spacial score (nSPS) is 11.8. The van der Waals surface area contributed by atoms with Gasteiger partial charge in [0.15, 0.2) is 0 Å². The molecule has 0 aliphatic carbocycles. The van der Waals surface area contributed by atoms with Crippen molar-refractivity contribution in [2.75, 3.05) is 25.5 Å². The highest BCUT2D eigenvalue weighted by Crippen LogP contribution is 2.21. The maximum absolute atomic E-state index is 12.5. The van der Waals surface area contributed by atoms with Crippen LogP contribution in [-0.4, -0.2) is 40.9 Å². The van der Waals surface area contributed by atoms with Crippen LogP contribution in [0.25, 0.3) is 0 Å². The van der Waals surface area contributed by atoms with Crippen LogP contribution >= 0.6 is 0 Å². The highest BCUT2D eigenvalue weighted by molar-refractivity contribution is 5.99. The zero-order chi connectivity index (χ0) is 16.0. The molecule has 0 radical (unpaired) electrons. The molecule has 1 rings (SSSR count). The van der Waals surface area contributed by atoms with Gasteiger partial charge in [-0.1, -0.05) is 20.3 Å². The summed E-state index contributed by atoms with van der Waals surface area (Å²) in [6.07, 6.45) is 2.12. The van der Waals surface area contributed by atoms with E-state index in [1.807, 2.05) is 6.92 Å². The van der Waals surface area contributed by atoms with Gasteiger partial charge in [0.1, 0.15) is 12.0 Å². The maximum atomic E-state index is 12.5. The minimum absolute atomic E-state index is 0.183. The Morgan fingerprint density at radius 1 is 1.52 bits per heavy atom. The number of amides is 1. The second-order valence-corrected chi connectivity index (χ2v) is 5.08. The Morgan fingerprint density at radius 2 is 2.19 bits per heavy atom.